The molecule has 0 aromatic carbocycles. The van der Waals surface area contributed by atoms with Crippen LogP contribution in [0.3, 0.4) is 0 Å². The van der Waals surface area contributed by atoms with Gasteiger partial charge in [0.2, 0.25) is 0 Å². The fourth-order valence-corrected chi connectivity index (χ4v) is 2.16. The lowest BCUT2D eigenvalue weighted by molar-refractivity contribution is 0.0695. The van der Waals surface area contributed by atoms with Crippen LogP contribution in [0, 0.1) is 0 Å². The van der Waals surface area contributed by atoms with Crippen molar-refractivity contribution in [2.24, 2.45) is 0 Å². The second-order valence-corrected chi connectivity index (χ2v) is 4.30. The number of carboxylic acids is 1. The smallest absolute Gasteiger partial charge is 0.410 e. The summed E-state index contributed by atoms with van der Waals surface area (Å²) < 4.78 is 4.95. The van der Waals surface area contributed by atoms with Crippen molar-refractivity contribution in [3.05, 3.63) is 30.1 Å². The van der Waals surface area contributed by atoms with Gasteiger partial charge in [0.25, 0.3) is 0 Å². The van der Waals surface area contributed by atoms with E-state index in [1.54, 1.807) is 4.90 Å². The van der Waals surface area contributed by atoms with Crippen LogP contribution in [-0.4, -0.2) is 52.0 Å². The summed E-state index contributed by atoms with van der Waals surface area (Å²) in [5.41, 5.74) is 0.720. The first-order chi connectivity index (χ1) is 9.13. The van der Waals surface area contributed by atoms with Gasteiger partial charge < -0.3 is 14.7 Å². The Morgan fingerprint density at radius 3 is 3.16 bits per heavy atom. The first-order valence-corrected chi connectivity index (χ1v) is 5.92. The van der Waals surface area contributed by atoms with Crippen LogP contribution in [-0.2, 0) is 4.74 Å². The molecule has 1 aliphatic heterocycles. The number of nitrogens with one attached hydrogen (secondary N) is 1. The minimum Gasteiger partial charge on any atom is -0.478 e. The van der Waals surface area contributed by atoms with E-state index in [2.05, 4.69) is 16.8 Å². The van der Waals surface area contributed by atoms with E-state index in [9.17, 15) is 9.59 Å². The predicted molar refractivity (Wildman–Crippen MR) is 66.0 cm³/mol. The van der Waals surface area contributed by atoms with E-state index in [1.165, 1.54) is 12.3 Å². The second-order valence-electron chi connectivity index (χ2n) is 4.30. The van der Waals surface area contributed by atoms with Gasteiger partial charge in [0.05, 0.1) is 11.9 Å². The molecule has 1 fully saturated rings. The maximum absolute atomic E-state index is 11.7. The van der Waals surface area contributed by atoms with Crippen LogP contribution in [0.4, 0.5) is 4.79 Å². The Morgan fingerprint density at radius 1 is 1.68 bits per heavy atom. The zero-order chi connectivity index (χ0) is 13.8. The molecule has 2 N–H and O–H groups in total. The number of aromatic amines is 1. The van der Waals surface area contributed by atoms with Gasteiger partial charge in [-0.2, -0.15) is 5.10 Å². The summed E-state index contributed by atoms with van der Waals surface area (Å²) >= 11 is 0. The molecule has 1 atom stereocenters. The summed E-state index contributed by atoms with van der Waals surface area (Å²) in [6, 6.07) is 0. The van der Waals surface area contributed by atoms with Gasteiger partial charge in [0, 0.05) is 19.0 Å². The maximum Gasteiger partial charge on any atom is 0.410 e. The molecule has 0 spiro atoms. The summed E-state index contributed by atoms with van der Waals surface area (Å²) in [6.45, 7) is 4.61. The maximum atomic E-state index is 11.7. The Balaban J connectivity index is 2.01. The summed E-state index contributed by atoms with van der Waals surface area (Å²) in [7, 11) is 0. The Kier molecular flexibility index (Phi) is 3.84. The zero-order valence-electron chi connectivity index (χ0n) is 10.3. The Labute approximate surface area is 109 Å². The molecule has 1 amide bonds. The summed E-state index contributed by atoms with van der Waals surface area (Å²) in [4.78, 5) is 24.2. The molecule has 0 aliphatic carbocycles. The van der Waals surface area contributed by atoms with Crippen molar-refractivity contribution >= 4 is 12.1 Å². The number of aromatic nitrogens is 2. The number of nitrogens with zero attached hydrogens (tertiary/aromatic N) is 2. The van der Waals surface area contributed by atoms with Gasteiger partial charge in [-0.25, -0.2) is 9.59 Å². The molecule has 0 saturated carbocycles. The lowest BCUT2D eigenvalue weighted by atomic mass is 10.0. The topological polar surface area (TPSA) is 95.5 Å². The van der Waals surface area contributed by atoms with Crippen molar-refractivity contribution in [3.63, 3.8) is 0 Å². The zero-order valence-corrected chi connectivity index (χ0v) is 10.3. The SMILES string of the molecule is C=CCOC(=O)N1CCC(c2[nH]ncc2C(=O)O)C1. The van der Waals surface area contributed by atoms with Gasteiger partial charge in [-0.15, -0.1) is 0 Å². The molecule has 1 aromatic rings. The standard InChI is InChI=1S/C12H15N3O4/c1-2-5-19-12(18)15-4-3-8(7-15)10-9(11(16)17)6-13-14-10/h2,6,8H,1,3-5,7H2,(H,13,14)(H,16,17). The Hall–Kier alpha value is -2.31. The number of hydrogen-bond donors (Lipinski definition) is 2. The average Bonchev–Trinajstić information content (AvgIpc) is 3.02. The van der Waals surface area contributed by atoms with Gasteiger partial charge in [0.15, 0.2) is 0 Å². The van der Waals surface area contributed by atoms with Crippen LogP contribution in [0.1, 0.15) is 28.4 Å². The lowest BCUT2D eigenvalue weighted by Gasteiger charge is -2.15. The number of carbonyl (C=O) groups excluding carboxylic acids is 1. The quantitative estimate of drug-likeness (QED) is 0.798. The number of rotatable bonds is 4. The van der Waals surface area contributed by atoms with Crippen LogP contribution >= 0.6 is 0 Å². The Bertz CT molecular complexity index is 497. The van der Waals surface area contributed by atoms with Gasteiger partial charge in [-0.3, -0.25) is 5.10 Å². The monoisotopic (exact) mass is 265 g/mol. The molecule has 7 nitrogen and oxygen atoms in total. The van der Waals surface area contributed by atoms with Crippen LogP contribution in [0.25, 0.3) is 0 Å². The Morgan fingerprint density at radius 2 is 2.47 bits per heavy atom. The number of likely N-dealkylation sites (tertiary alicyclic amines) is 1. The highest BCUT2D eigenvalue weighted by Gasteiger charge is 2.31. The summed E-state index contributed by atoms with van der Waals surface area (Å²) in [6.07, 6.45) is 3.07. The molecule has 2 rings (SSSR count). The number of aromatic carboxylic acids is 1. The molecule has 0 radical (unpaired) electrons. The van der Waals surface area contributed by atoms with Crippen molar-refractivity contribution < 1.29 is 19.4 Å². The van der Waals surface area contributed by atoms with Crippen molar-refractivity contribution in [1.82, 2.24) is 15.1 Å². The molecule has 19 heavy (non-hydrogen) atoms. The highest BCUT2D eigenvalue weighted by Crippen LogP contribution is 2.28. The van der Waals surface area contributed by atoms with Crippen molar-refractivity contribution in [2.75, 3.05) is 19.7 Å². The average molecular weight is 265 g/mol. The van der Waals surface area contributed by atoms with E-state index in [0.29, 0.717) is 25.2 Å². The lowest BCUT2D eigenvalue weighted by Crippen LogP contribution is -2.29. The molecular weight excluding hydrogens is 250 g/mol. The third-order valence-electron chi connectivity index (χ3n) is 3.08. The molecule has 1 aromatic heterocycles. The van der Waals surface area contributed by atoms with E-state index in [4.69, 9.17) is 9.84 Å². The number of hydrogen-bond acceptors (Lipinski definition) is 4. The summed E-state index contributed by atoms with van der Waals surface area (Å²) in [5.74, 6) is -1.07. The second kappa shape index (κ2) is 5.55. The van der Waals surface area contributed by atoms with Crippen molar-refractivity contribution in [2.45, 2.75) is 12.3 Å². The first-order valence-electron chi connectivity index (χ1n) is 5.92. The molecule has 1 aliphatic rings. The van der Waals surface area contributed by atoms with Gasteiger partial charge in [-0.1, -0.05) is 12.7 Å². The number of amides is 1. The molecule has 2 heterocycles. The molecule has 1 saturated heterocycles. The van der Waals surface area contributed by atoms with Crippen LogP contribution < -0.4 is 0 Å². The van der Waals surface area contributed by atoms with Crippen LogP contribution in [0.2, 0.25) is 0 Å². The largest absolute Gasteiger partial charge is 0.478 e. The highest BCUT2D eigenvalue weighted by molar-refractivity contribution is 5.88. The van der Waals surface area contributed by atoms with E-state index < -0.39 is 12.1 Å². The molecule has 7 heteroatoms. The van der Waals surface area contributed by atoms with Gasteiger partial charge in [-0.05, 0) is 6.42 Å². The minimum absolute atomic E-state index is 0.0510. The van der Waals surface area contributed by atoms with Crippen molar-refractivity contribution in [3.8, 4) is 0 Å². The van der Waals surface area contributed by atoms with E-state index in [0.717, 1.165) is 0 Å². The fraction of sp³-hybridized carbons (Fsp3) is 0.417. The number of ether oxygens (including phenoxy) is 1. The molecule has 1 unspecified atom stereocenters. The molecular formula is C12H15N3O4. The third kappa shape index (κ3) is 2.75. The minimum atomic E-state index is -1.02. The molecule has 102 valence electrons. The number of carboxylic acid groups (broad SMARTS) is 1. The van der Waals surface area contributed by atoms with Gasteiger partial charge in [0.1, 0.15) is 12.2 Å². The fourth-order valence-electron chi connectivity index (χ4n) is 2.16. The predicted octanol–water partition coefficient (Wildman–Crippen LogP) is 1.22. The van der Waals surface area contributed by atoms with E-state index in [1.807, 2.05) is 0 Å². The van der Waals surface area contributed by atoms with E-state index in [-0.39, 0.29) is 18.1 Å². The number of carbonyl (C=O) groups is 2. The summed E-state index contributed by atoms with van der Waals surface area (Å²) in [5, 5.41) is 15.5. The third-order valence-corrected chi connectivity index (χ3v) is 3.08. The van der Waals surface area contributed by atoms with E-state index >= 15 is 0 Å². The van der Waals surface area contributed by atoms with Gasteiger partial charge >= 0.3 is 12.1 Å². The van der Waals surface area contributed by atoms with Crippen molar-refractivity contribution in [1.29, 1.82) is 0 Å². The van der Waals surface area contributed by atoms with Crippen LogP contribution in [0.15, 0.2) is 18.9 Å². The normalized spacial score (nSPS) is 18.3. The number of H-pyrrole nitrogens is 1. The van der Waals surface area contributed by atoms with Crippen LogP contribution in [0.5, 0.6) is 0 Å². The first kappa shape index (κ1) is 13.1. The highest BCUT2D eigenvalue weighted by atomic mass is 16.6. The molecule has 0 bridgehead atoms.